The topological polar surface area (TPSA) is 0 Å². The molecule has 0 aliphatic heterocycles. The van der Waals surface area contributed by atoms with E-state index >= 15 is 0 Å². The predicted molar refractivity (Wildman–Crippen MR) is 93.3 cm³/mol. The Morgan fingerprint density at radius 2 is 1.00 bits per heavy atom. The first kappa shape index (κ1) is 18.7. The summed E-state index contributed by atoms with van der Waals surface area (Å²) in [6, 6.07) is 2.77. The van der Waals surface area contributed by atoms with E-state index < -0.39 is 8.07 Å². The summed E-state index contributed by atoms with van der Waals surface area (Å²) >= 11 is 0. The molecule has 0 aromatic rings. The van der Waals surface area contributed by atoms with Crippen LogP contribution in [0, 0.1) is 0 Å². The van der Waals surface area contributed by atoms with Crippen LogP contribution in [0.15, 0.2) is 24.6 Å². The van der Waals surface area contributed by atoms with Crippen LogP contribution >= 0.6 is 0 Å². The second-order valence-electron chi connectivity index (χ2n) is 5.97. The minimum atomic E-state index is -1.33. The largest absolute Gasteiger partial charge is 0.107 e. The van der Waals surface area contributed by atoms with E-state index in [0.717, 1.165) is 0 Å². The van der Waals surface area contributed by atoms with Crippen molar-refractivity contribution in [2.75, 3.05) is 0 Å². The molecule has 112 valence electrons. The monoisotopic (exact) mass is 280 g/mol. The normalized spacial score (nSPS) is 11.5. The lowest BCUT2D eigenvalue weighted by Gasteiger charge is -2.24. The first-order valence-corrected chi connectivity index (χ1v) is 11.1. The molecule has 0 unspecified atom stereocenters. The zero-order chi connectivity index (χ0) is 14.4. The molecule has 0 bridgehead atoms. The molecule has 0 aromatic carbocycles. The summed E-state index contributed by atoms with van der Waals surface area (Å²) in [5.41, 5.74) is 4.58. The highest BCUT2D eigenvalue weighted by molar-refractivity contribution is 6.88. The zero-order valence-electron chi connectivity index (χ0n) is 13.6. The molecule has 0 fully saturated rings. The average Bonchev–Trinajstić information content (AvgIpc) is 2.45. The molecular weight excluding hydrogens is 244 g/mol. The smallest absolute Gasteiger partial charge is 0.100 e. The van der Waals surface area contributed by atoms with Gasteiger partial charge in [-0.1, -0.05) is 102 Å². The van der Waals surface area contributed by atoms with Crippen LogP contribution in [0.5, 0.6) is 0 Å². The minimum absolute atomic E-state index is 1.33. The maximum atomic E-state index is 4.12. The molecule has 0 rings (SSSR count). The molecule has 0 amide bonds. The molecule has 0 heterocycles. The van der Waals surface area contributed by atoms with E-state index in [4.69, 9.17) is 0 Å². The van der Waals surface area contributed by atoms with E-state index in [-0.39, 0.29) is 0 Å². The summed E-state index contributed by atoms with van der Waals surface area (Å²) in [5.74, 6) is 0. The standard InChI is InChI=1S/C18H36Si/c1-5-9-11-13-14-16-18-19(7-3,8-4)17-15-12-10-6-2/h7-8H,3-6,9-18H2,1-2H3. The van der Waals surface area contributed by atoms with Crippen molar-refractivity contribution >= 4 is 8.07 Å². The van der Waals surface area contributed by atoms with Gasteiger partial charge >= 0.3 is 0 Å². The Hall–Kier alpha value is -0.303. The lowest BCUT2D eigenvalue weighted by Crippen LogP contribution is -2.29. The summed E-state index contributed by atoms with van der Waals surface area (Å²) in [6.07, 6.45) is 13.9. The van der Waals surface area contributed by atoms with Gasteiger partial charge in [0.25, 0.3) is 0 Å². The maximum Gasteiger partial charge on any atom is 0.100 e. The summed E-state index contributed by atoms with van der Waals surface area (Å²) < 4.78 is 0. The van der Waals surface area contributed by atoms with Gasteiger partial charge in [0.2, 0.25) is 0 Å². The molecule has 1 heteroatoms. The van der Waals surface area contributed by atoms with E-state index in [1.54, 1.807) is 0 Å². The van der Waals surface area contributed by atoms with E-state index in [1.165, 1.54) is 76.3 Å². The molecular formula is C18H36Si. The quantitative estimate of drug-likeness (QED) is 0.242. The molecule has 0 atom stereocenters. The Morgan fingerprint density at radius 3 is 1.42 bits per heavy atom. The van der Waals surface area contributed by atoms with Gasteiger partial charge in [-0.3, -0.25) is 0 Å². The van der Waals surface area contributed by atoms with E-state index in [9.17, 15) is 0 Å². The van der Waals surface area contributed by atoms with E-state index in [1.807, 2.05) is 0 Å². The number of hydrogen-bond acceptors (Lipinski definition) is 0. The Labute approximate surface area is 123 Å². The SMILES string of the molecule is C=C[Si](C=C)(CCCCCC)CCCCCCCC. The van der Waals surface area contributed by atoms with Crippen LogP contribution in [0.1, 0.15) is 78.1 Å². The van der Waals surface area contributed by atoms with Gasteiger partial charge in [0, 0.05) is 0 Å². The number of rotatable bonds is 14. The van der Waals surface area contributed by atoms with Crippen LogP contribution in [0.2, 0.25) is 12.1 Å². The van der Waals surface area contributed by atoms with E-state index in [2.05, 4.69) is 38.4 Å². The molecule has 0 nitrogen and oxygen atoms in total. The van der Waals surface area contributed by atoms with Crippen molar-refractivity contribution in [1.82, 2.24) is 0 Å². The summed E-state index contributed by atoms with van der Waals surface area (Å²) in [5, 5.41) is 0. The van der Waals surface area contributed by atoms with Gasteiger partial charge in [-0.25, -0.2) is 0 Å². The highest BCUT2D eigenvalue weighted by Crippen LogP contribution is 2.25. The highest BCUT2D eigenvalue weighted by Gasteiger charge is 2.24. The molecule has 0 aliphatic rings. The second-order valence-corrected chi connectivity index (χ2v) is 10.3. The fraction of sp³-hybridized carbons (Fsp3) is 0.778. The summed E-state index contributed by atoms with van der Waals surface area (Å²) in [4.78, 5) is 0. The van der Waals surface area contributed by atoms with Crippen molar-refractivity contribution in [1.29, 1.82) is 0 Å². The first-order valence-electron chi connectivity index (χ1n) is 8.52. The van der Waals surface area contributed by atoms with Gasteiger partial charge in [-0.15, -0.1) is 13.2 Å². The molecule has 19 heavy (non-hydrogen) atoms. The minimum Gasteiger partial charge on any atom is -0.107 e. The van der Waals surface area contributed by atoms with Crippen molar-refractivity contribution in [3.63, 3.8) is 0 Å². The lowest BCUT2D eigenvalue weighted by molar-refractivity contribution is 0.621. The highest BCUT2D eigenvalue weighted by atomic mass is 28.3. The Balaban J connectivity index is 3.88. The van der Waals surface area contributed by atoms with E-state index in [0.29, 0.717) is 0 Å². The Morgan fingerprint density at radius 1 is 0.632 bits per heavy atom. The van der Waals surface area contributed by atoms with Crippen LogP contribution in [-0.4, -0.2) is 8.07 Å². The Bertz CT molecular complexity index is 212. The fourth-order valence-electron chi connectivity index (χ4n) is 2.73. The third kappa shape index (κ3) is 9.26. The second kappa shape index (κ2) is 12.7. The van der Waals surface area contributed by atoms with Crippen LogP contribution in [-0.2, 0) is 0 Å². The molecule has 0 saturated carbocycles. The van der Waals surface area contributed by atoms with Gasteiger partial charge in [0.15, 0.2) is 0 Å². The molecule has 0 spiro atoms. The third-order valence-electron chi connectivity index (χ3n) is 4.30. The molecule has 0 aromatic heterocycles. The van der Waals surface area contributed by atoms with Crippen molar-refractivity contribution in [2.24, 2.45) is 0 Å². The van der Waals surface area contributed by atoms with Gasteiger partial charge < -0.3 is 0 Å². The summed E-state index contributed by atoms with van der Waals surface area (Å²) in [7, 11) is -1.33. The first-order chi connectivity index (χ1) is 9.24. The molecule has 0 saturated heterocycles. The summed E-state index contributed by atoms with van der Waals surface area (Å²) in [6.45, 7) is 12.8. The van der Waals surface area contributed by atoms with Gasteiger partial charge in [0.05, 0.1) is 0 Å². The van der Waals surface area contributed by atoms with Gasteiger partial charge in [0.1, 0.15) is 8.07 Å². The van der Waals surface area contributed by atoms with Crippen molar-refractivity contribution in [3.8, 4) is 0 Å². The fourth-order valence-corrected chi connectivity index (χ4v) is 5.78. The zero-order valence-corrected chi connectivity index (χ0v) is 14.6. The van der Waals surface area contributed by atoms with Crippen LogP contribution in [0.3, 0.4) is 0 Å². The molecule has 0 aliphatic carbocycles. The van der Waals surface area contributed by atoms with Gasteiger partial charge in [-0.05, 0) is 0 Å². The predicted octanol–water partition coefficient (Wildman–Crippen LogP) is 6.83. The molecule has 0 radical (unpaired) electrons. The third-order valence-corrected chi connectivity index (χ3v) is 8.50. The molecule has 0 N–H and O–H groups in total. The van der Waals surface area contributed by atoms with Gasteiger partial charge in [-0.2, -0.15) is 0 Å². The number of unbranched alkanes of at least 4 members (excludes halogenated alkanes) is 8. The van der Waals surface area contributed by atoms with Crippen molar-refractivity contribution in [2.45, 2.75) is 90.1 Å². The lowest BCUT2D eigenvalue weighted by atomic mass is 10.1. The van der Waals surface area contributed by atoms with Crippen molar-refractivity contribution < 1.29 is 0 Å². The van der Waals surface area contributed by atoms with Crippen LogP contribution < -0.4 is 0 Å². The number of hydrogen-bond donors (Lipinski definition) is 0. The maximum absolute atomic E-state index is 4.12. The average molecular weight is 281 g/mol. The van der Waals surface area contributed by atoms with Crippen LogP contribution in [0.4, 0.5) is 0 Å². The van der Waals surface area contributed by atoms with Crippen LogP contribution in [0.25, 0.3) is 0 Å². The van der Waals surface area contributed by atoms with Crippen molar-refractivity contribution in [3.05, 3.63) is 24.6 Å². The Kier molecular flexibility index (Phi) is 12.5.